The lowest BCUT2D eigenvalue weighted by Crippen LogP contribution is -2.42. The van der Waals surface area contributed by atoms with Crippen molar-refractivity contribution in [2.45, 2.75) is 25.3 Å². The topological polar surface area (TPSA) is 54.3 Å². The van der Waals surface area contributed by atoms with E-state index in [2.05, 4.69) is 21.9 Å². The molecule has 2 bridgehead atoms. The Bertz CT molecular complexity index is 999. The zero-order valence-corrected chi connectivity index (χ0v) is 16.2. The van der Waals surface area contributed by atoms with E-state index in [9.17, 15) is 4.79 Å². The first kappa shape index (κ1) is 17.4. The number of carbonyl (C=O) groups is 1. The highest BCUT2D eigenvalue weighted by Crippen LogP contribution is 2.27. The van der Waals surface area contributed by atoms with E-state index in [1.54, 1.807) is 12.5 Å². The minimum atomic E-state index is 0.0795. The van der Waals surface area contributed by atoms with Gasteiger partial charge < -0.3 is 9.80 Å². The van der Waals surface area contributed by atoms with Crippen LogP contribution in [0, 0.1) is 5.92 Å². The molecular formula is C22H25N5O. The number of likely N-dealkylation sites (tertiary alicyclic amines) is 1. The van der Waals surface area contributed by atoms with Crippen LogP contribution in [0.3, 0.4) is 0 Å². The molecule has 2 atom stereocenters. The van der Waals surface area contributed by atoms with Crippen molar-refractivity contribution in [1.82, 2.24) is 24.3 Å². The number of hydrogen-bond acceptors (Lipinski definition) is 4. The number of pyridine rings is 1. The van der Waals surface area contributed by atoms with Crippen LogP contribution in [0.4, 0.5) is 0 Å². The molecule has 6 heteroatoms. The van der Waals surface area contributed by atoms with Gasteiger partial charge in [-0.05, 0) is 44.0 Å². The zero-order valence-electron chi connectivity index (χ0n) is 16.2. The van der Waals surface area contributed by atoms with Crippen LogP contribution >= 0.6 is 0 Å². The molecule has 4 heterocycles. The van der Waals surface area contributed by atoms with Crippen LogP contribution in [0.1, 0.15) is 29.6 Å². The molecule has 0 saturated carbocycles. The molecule has 2 aliphatic rings. The van der Waals surface area contributed by atoms with E-state index in [0.29, 0.717) is 17.5 Å². The third-order valence-corrected chi connectivity index (χ3v) is 6.19. The van der Waals surface area contributed by atoms with Crippen LogP contribution in [0.2, 0.25) is 0 Å². The molecule has 0 N–H and O–H groups in total. The maximum Gasteiger partial charge on any atom is 0.255 e. The fourth-order valence-electron chi connectivity index (χ4n) is 4.67. The Kier molecular flexibility index (Phi) is 4.36. The Morgan fingerprint density at radius 3 is 2.79 bits per heavy atom. The molecule has 1 amide bonds. The van der Waals surface area contributed by atoms with Gasteiger partial charge in [-0.2, -0.15) is 0 Å². The monoisotopic (exact) mass is 375 g/mol. The van der Waals surface area contributed by atoms with Gasteiger partial charge in [-0.15, -0.1) is 0 Å². The molecule has 0 unspecified atom stereocenters. The summed E-state index contributed by atoms with van der Waals surface area (Å²) < 4.78 is 1.95. The number of carbonyl (C=O) groups excluding carboxylic acids is 1. The van der Waals surface area contributed by atoms with Gasteiger partial charge in [0, 0.05) is 37.6 Å². The SMILES string of the molecule is CN1C[C@@H]2CCC[C@H]1CN(C(=O)c1cnc3c(c1)ncn3-c1ccccc1)C2. The average Bonchev–Trinajstić information content (AvgIpc) is 2.96. The summed E-state index contributed by atoms with van der Waals surface area (Å²) in [4.78, 5) is 26.8. The molecule has 28 heavy (non-hydrogen) atoms. The summed E-state index contributed by atoms with van der Waals surface area (Å²) in [5.41, 5.74) is 3.17. The predicted molar refractivity (Wildman–Crippen MR) is 109 cm³/mol. The molecule has 2 saturated heterocycles. The maximum atomic E-state index is 13.2. The average molecular weight is 375 g/mol. The first-order chi connectivity index (χ1) is 13.7. The maximum absolute atomic E-state index is 13.2. The van der Waals surface area contributed by atoms with Crippen molar-refractivity contribution in [1.29, 1.82) is 0 Å². The van der Waals surface area contributed by atoms with Crippen molar-refractivity contribution in [3.8, 4) is 5.69 Å². The summed E-state index contributed by atoms with van der Waals surface area (Å²) >= 11 is 0. The highest BCUT2D eigenvalue weighted by atomic mass is 16.2. The molecule has 6 nitrogen and oxygen atoms in total. The van der Waals surface area contributed by atoms with E-state index in [-0.39, 0.29) is 5.91 Å². The summed E-state index contributed by atoms with van der Waals surface area (Å²) in [6.45, 7) is 2.74. The first-order valence-corrected chi connectivity index (χ1v) is 10.1. The molecule has 2 aromatic heterocycles. The van der Waals surface area contributed by atoms with Gasteiger partial charge >= 0.3 is 0 Å². The molecule has 0 radical (unpaired) electrons. The Hall–Kier alpha value is -2.73. The van der Waals surface area contributed by atoms with E-state index in [1.165, 1.54) is 19.3 Å². The van der Waals surface area contributed by atoms with Crippen molar-refractivity contribution < 1.29 is 4.79 Å². The Morgan fingerprint density at radius 1 is 1.07 bits per heavy atom. The Morgan fingerprint density at radius 2 is 1.93 bits per heavy atom. The summed E-state index contributed by atoms with van der Waals surface area (Å²) in [5.74, 6) is 0.645. The second kappa shape index (κ2) is 7.02. The number of likely N-dealkylation sites (N-methyl/N-ethyl adjacent to an activating group) is 1. The fourth-order valence-corrected chi connectivity index (χ4v) is 4.67. The Balaban J connectivity index is 1.44. The molecule has 0 aliphatic carbocycles. The fraction of sp³-hybridized carbons (Fsp3) is 0.409. The van der Waals surface area contributed by atoms with E-state index in [1.807, 2.05) is 45.9 Å². The van der Waals surface area contributed by atoms with Crippen LogP contribution in [0.5, 0.6) is 0 Å². The van der Waals surface area contributed by atoms with Crippen LogP contribution in [0.15, 0.2) is 48.9 Å². The second-order valence-electron chi connectivity index (χ2n) is 8.12. The number of hydrogen-bond donors (Lipinski definition) is 0. The van der Waals surface area contributed by atoms with E-state index >= 15 is 0 Å². The minimum Gasteiger partial charge on any atom is -0.337 e. The highest BCUT2D eigenvalue weighted by Gasteiger charge is 2.33. The number of fused-ring (bicyclic) bond motifs is 4. The molecule has 144 valence electrons. The van der Waals surface area contributed by atoms with Crippen molar-refractivity contribution in [3.63, 3.8) is 0 Å². The number of amides is 1. The molecule has 1 aromatic carbocycles. The van der Waals surface area contributed by atoms with Gasteiger partial charge in [0.1, 0.15) is 11.8 Å². The highest BCUT2D eigenvalue weighted by molar-refractivity contribution is 5.96. The summed E-state index contributed by atoms with van der Waals surface area (Å²) in [6, 6.07) is 12.4. The van der Waals surface area contributed by atoms with Gasteiger partial charge in [-0.3, -0.25) is 9.36 Å². The Labute approximate surface area is 164 Å². The predicted octanol–water partition coefficient (Wildman–Crippen LogP) is 2.98. The molecule has 0 spiro atoms. The van der Waals surface area contributed by atoms with Crippen molar-refractivity contribution >= 4 is 17.1 Å². The van der Waals surface area contributed by atoms with Crippen LogP contribution < -0.4 is 0 Å². The summed E-state index contributed by atoms with van der Waals surface area (Å²) in [6.07, 6.45) is 7.13. The van der Waals surface area contributed by atoms with Crippen LogP contribution in [-0.2, 0) is 0 Å². The quantitative estimate of drug-likeness (QED) is 0.691. The first-order valence-electron chi connectivity index (χ1n) is 10.1. The molecule has 3 aromatic rings. The number of nitrogens with zero attached hydrogens (tertiary/aromatic N) is 5. The van der Waals surface area contributed by atoms with E-state index in [0.717, 1.165) is 36.5 Å². The molecule has 2 aliphatic heterocycles. The van der Waals surface area contributed by atoms with Gasteiger partial charge in [0.25, 0.3) is 5.91 Å². The van der Waals surface area contributed by atoms with Gasteiger partial charge in [0.2, 0.25) is 0 Å². The van der Waals surface area contributed by atoms with Crippen molar-refractivity contribution in [2.24, 2.45) is 5.92 Å². The van der Waals surface area contributed by atoms with E-state index in [4.69, 9.17) is 0 Å². The minimum absolute atomic E-state index is 0.0795. The standard InChI is InChI=1S/C22H25N5O/c1-25-12-16-6-5-9-19(25)14-26(13-16)22(28)17-10-20-21(23-11-17)27(15-24-20)18-7-3-2-4-8-18/h2-4,7-8,10-11,15-16,19H,5-6,9,12-14H2,1H3/t16-,19-/m0/s1. The van der Waals surface area contributed by atoms with E-state index < -0.39 is 0 Å². The van der Waals surface area contributed by atoms with Gasteiger partial charge in [0.05, 0.1) is 5.56 Å². The smallest absolute Gasteiger partial charge is 0.255 e. The van der Waals surface area contributed by atoms with Gasteiger partial charge in [0.15, 0.2) is 5.65 Å². The zero-order chi connectivity index (χ0) is 19.1. The van der Waals surface area contributed by atoms with Crippen molar-refractivity contribution in [3.05, 3.63) is 54.5 Å². The second-order valence-corrected chi connectivity index (χ2v) is 8.12. The summed E-state index contributed by atoms with van der Waals surface area (Å²) in [5, 5.41) is 0. The number of benzene rings is 1. The normalized spacial score (nSPS) is 23.0. The summed E-state index contributed by atoms with van der Waals surface area (Å²) in [7, 11) is 2.20. The number of rotatable bonds is 2. The van der Waals surface area contributed by atoms with Crippen LogP contribution in [-0.4, -0.2) is 63.0 Å². The lowest BCUT2D eigenvalue weighted by Gasteiger charge is -2.29. The van der Waals surface area contributed by atoms with Crippen LogP contribution in [0.25, 0.3) is 16.9 Å². The van der Waals surface area contributed by atoms with Gasteiger partial charge in [-0.1, -0.05) is 24.6 Å². The van der Waals surface area contributed by atoms with Gasteiger partial charge in [-0.25, -0.2) is 9.97 Å². The lowest BCUT2D eigenvalue weighted by molar-refractivity contribution is 0.0710. The number of para-hydroxylation sites is 1. The molecule has 2 fully saturated rings. The van der Waals surface area contributed by atoms with Crippen molar-refractivity contribution in [2.75, 3.05) is 26.7 Å². The third-order valence-electron chi connectivity index (χ3n) is 6.19. The molecule has 5 rings (SSSR count). The molecular weight excluding hydrogens is 350 g/mol. The number of imidazole rings is 1. The third kappa shape index (κ3) is 3.07. The number of aromatic nitrogens is 3. The lowest BCUT2D eigenvalue weighted by atomic mass is 9.99. The largest absolute Gasteiger partial charge is 0.337 e.